The highest BCUT2D eigenvalue weighted by molar-refractivity contribution is 5.86. The molecule has 0 aliphatic carbocycles. The molecule has 1 fully saturated rings. The summed E-state index contributed by atoms with van der Waals surface area (Å²) in [6.45, 7) is 1.57. The van der Waals surface area contributed by atoms with E-state index in [1.165, 1.54) is 0 Å². The minimum absolute atomic E-state index is 0.229. The third-order valence-corrected chi connectivity index (χ3v) is 5.81. The van der Waals surface area contributed by atoms with Crippen molar-refractivity contribution >= 4 is 11.0 Å². The van der Waals surface area contributed by atoms with E-state index in [0.717, 1.165) is 59.5 Å². The molecule has 6 heteroatoms. The van der Waals surface area contributed by atoms with Gasteiger partial charge in [0.05, 0.1) is 11.4 Å². The van der Waals surface area contributed by atoms with Crippen LogP contribution >= 0.6 is 0 Å². The van der Waals surface area contributed by atoms with Crippen LogP contribution in [0.3, 0.4) is 0 Å². The summed E-state index contributed by atoms with van der Waals surface area (Å²) in [6.07, 6.45) is 2.90. The van der Waals surface area contributed by atoms with E-state index in [1.54, 1.807) is 0 Å². The van der Waals surface area contributed by atoms with Crippen molar-refractivity contribution in [3.63, 3.8) is 0 Å². The van der Waals surface area contributed by atoms with Crippen molar-refractivity contribution in [2.75, 3.05) is 13.1 Å². The van der Waals surface area contributed by atoms with Gasteiger partial charge in [-0.25, -0.2) is 9.97 Å². The molecule has 0 amide bonds. The quantitative estimate of drug-likeness (QED) is 0.487. The van der Waals surface area contributed by atoms with E-state index in [0.29, 0.717) is 5.69 Å². The number of fused-ring (bicyclic) bond motifs is 1. The third-order valence-electron chi connectivity index (χ3n) is 5.81. The summed E-state index contributed by atoms with van der Waals surface area (Å²) in [5.74, 6) is 0. The van der Waals surface area contributed by atoms with Crippen molar-refractivity contribution in [1.29, 1.82) is 0 Å². The predicted molar refractivity (Wildman–Crippen MR) is 119 cm³/mol. The number of aromatic nitrogens is 3. The van der Waals surface area contributed by atoms with Gasteiger partial charge in [-0.3, -0.25) is 4.90 Å². The molecular formula is C24H25N5O. The monoisotopic (exact) mass is 399 g/mol. The van der Waals surface area contributed by atoms with Crippen molar-refractivity contribution in [2.24, 2.45) is 5.73 Å². The van der Waals surface area contributed by atoms with Crippen molar-refractivity contribution in [3.05, 3.63) is 72.6 Å². The molecule has 4 N–H and O–H groups in total. The highest BCUT2D eigenvalue weighted by Crippen LogP contribution is 2.28. The summed E-state index contributed by atoms with van der Waals surface area (Å²) in [5, 5.41) is 11.8. The maximum absolute atomic E-state index is 10.8. The number of H-pyrrole nitrogens is 1. The van der Waals surface area contributed by atoms with E-state index in [-0.39, 0.29) is 6.04 Å². The van der Waals surface area contributed by atoms with Gasteiger partial charge in [-0.2, -0.15) is 0 Å². The summed E-state index contributed by atoms with van der Waals surface area (Å²) in [4.78, 5) is 14.7. The van der Waals surface area contributed by atoms with Crippen LogP contribution in [-0.2, 0) is 0 Å². The van der Waals surface area contributed by atoms with E-state index in [2.05, 4.69) is 34.2 Å². The number of pyridine rings is 2. The van der Waals surface area contributed by atoms with Crippen LogP contribution in [0.25, 0.3) is 33.5 Å². The van der Waals surface area contributed by atoms with Crippen molar-refractivity contribution < 1.29 is 5.11 Å². The zero-order valence-corrected chi connectivity index (χ0v) is 16.7. The molecule has 3 aromatic heterocycles. The molecule has 1 aliphatic heterocycles. The minimum atomic E-state index is -0.717. The fraction of sp³-hybridized carbons (Fsp3) is 0.250. The summed E-state index contributed by atoms with van der Waals surface area (Å²) >= 11 is 0. The van der Waals surface area contributed by atoms with Gasteiger partial charge in [0.25, 0.3) is 0 Å². The fourth-order valence-electron chi connectivity index (χ4n) is 4.04. The van der Waals surface area contributed by atoms with E-state index in [1.807, 2.05) is 47.5 Å². The van der Waals surface area contributed by atoms with Crippen LogP contribution in [-0.4, -0.2) is 44.1 Å². The number of aliphatic hydroxyl groups is 1. The molecule has 0 spiro atoms. The Morgan fingerprint density at radius 3 is 2.60 bits per heavy atom. The van der Waals surface area contributed by atoms with Crippen LogP contribution in [0.15, 0.2) is 66.9 Å². The molecule has 0 bridgehead atoms. The standard InChI is InChI=1S/C24H25N5O/c25-19-9-11-29(12-10-19)24(30)21-8-4-7-20(27-21)18-13-17-14-22(28-23(17)26-15-18)16-5-2-1-3-6-16/h1-8,13-15,19,24,30H,9-12,25H2,(H,26,28). The van der Waals surface area contributed by atoms with Gasteiger partial charge in [0.2, 0.25) is 0 Å². The Balaban J connectivity index is 1.43. The maximum atomic E-state index is 10.8. The summed E-state index contributed by atoms with van der Waals surface area (Å²) < 4.78 is 0. The topological polar surface area (TPSA) is 91.1 Å². The number of aliphatic hydroxyl groups excluding tert-OH is 1. The Labute approximate surface area is 175 Å². The van der Waals surface area contributed by atoms with E-state index >= 15 is 0 Å². The van der Waals surface area contributed by atoms with Gasteiger partial charge in [-0.15, -0.1) is 0 Å². The number of aromatic amines is 1. The highest BCUT2D eigenvalue weighted by atomic mass is 16.3. The Hall–Kier alpha value is -3.06. The van der Waals surface area contributed by atoms with Crippen LogP contribution < -0.4 is 5.73 Å². The Bertz CT molecular complexity index is 1150. The Morgan fingerprint density at radius 1 is 1.00 bits per heavy atom. The first-order valence-electron chi connectivity index (χ1n) is 10.4. The molecule has 0 saturated carbocycles. The average Bonchev–Trinajstić information content (AvgIpc) is 3.23. The lowest BCUT2D eigenvalue weighted by Crippen LogP contribution is -2.41. The molecule has 4 heterocycles. The number of rotatable bonds is 4. The van der Waals surface area contributed by atoms with Gasteiger partial charge in [-0.05, 0) is 42.7 Å². The van der Waals surface area contributed by atoms with Crippen LogP contribution in [0.2, 0.25) is 0 Å². The number of benzene rings is 1. The molecule has 0 radical (unpaired) electrons. The second-order valence-corrected chi connectivity index (χ2v) is 7.91. The van der Waals surface area contributed by atoms with E-state index < -0.39 is 6.23 Å². The summed E-state index contributed by atoms with van der Waals surface area (Å²) in [5.41, 5.74) is 11.4. The van der Waals surface area contributed by atoms with Gasteiger partial charge in [0, 0.05) is 42.0 Å². The van der Waals surface area contributed by atoms with Gasteiger partial charge in [-0.1, -0.05) is 36.4 Å². The van der Waals surface area contributed by atoms with Crippen molar-refractivity contribution in [3.8, 4) is 22.5 Å². The first-order valence-corrected chi connectivity index (χ1v) is 10.4. The predicted octanol–water partition coefficient (Wildman–Crippen LogP) is 3.71. The number of nitrogens with zero attached hydrogens (tertiary/aromatic N) is 3. The number of hydrogen-bond donors (Lipinski definition) is 3. The second kappa shape index (κ2) is 7.99. The minimum Gasteiger partial charge on any atom is -0.372 e. The SMILES string of the molecule is NC1CCN(C(O)c2cccc(-c3cnc4[nH]c(-c5ccccc5)cc4c3)n2)CC1. The number of piperidine rings is 1. The Kier molecular flexibility index (Phi) is 5.04. The zero-order chi connectivity index (χ0) is 20.5. The van der Waals surface area contributed by atoms with Crippen LogP contribution in [0.1, 0.15) is 24.8 Å². The fourth-order valence-corrected chi connectivity index (χ4v) is 4.04. The van der Waals surface area contributed by atoms with Gasteiger partial charge in [0.1, 0.15) is 5.65 Å². The molecule has 152 valence electrons. The molecule has 1 aliphatic rings. The lowest BCUT2D eigenvalue weighted by atomic mass is 10.1. The number of hydrogen-bond acceptors (Lipinski definition) is 5. The van der Waals surface area contributed by atoms with Crippen molar-refractivity contribution in [1.82, 2.24) is 19.9 Å². The van der Waals surface area contributed by atoms with Gasteiger partial charge < -0.3 is 15.8 Å². The molecule has 6 nitrogen and oxygen atoms in total. The molecule has 30 heavy (non-hydrogen) atoms. The normalized spacial score (nSPS) is 16.7. The molecule has 4 aromatic rings. The van der Waals surface area contributed by atoms with E-state index in [4.69, 9.17) is 10.7 Å². The van der Waals surface area contributed by atoms with Crippen molar-refractivity contribution in [2.45, 2.75) is 25.1 Å². The number of likely N-dealkylation sites (tertiary alicyclic amines) is 1. The zero-order valence-electron chi connectivity index (χ0n) is 16.7. The highest BCUT2D eigenvalue weighted by Gasteiger charge is 2.24. The third kappa shape index (κ3) is 3.73. The Morgan fingerprint density at radius 2 is 1.80 bits per heavy atom. The smallest absolute Gasteiger partial charge is 0.150 e. The largest absolute Gasteiger partial charge is 0.372 e. The average molecular weight is 399 g/mol. The summed E-state index contributed by atoms with van der Waals surface area (Å²) in [6, 6.07) is 20.4. The molecule has 1 unspecified atom stereocenters. The molecule has 1 aromatic carbocycles. The molecule has 1 saturated heterocycles. The van der Waals surface area contributed by atoms with Crippen LogP contribution in [0.4, 0.5) is 0 Å². The lowest BCUT2D eigenvalue weighted by molar-refractivity contribution is -0.0155. The molecule has 1 atom stereocenters. The first kappa shape index (κ1) is 18.9. The number of nitrogens with two attached hydrogens (primary N) is 1. The first-order chi connectivity index (χ1) is 14.7. The number of nitrogens with one attached hydrogen (secondary N) is 1. The van der Waals surface area contributed by atoms with Gasteiger partial charge in [0.15, 0.2) is 6.23 Å². The maximum Gasteiger partial charge on any atom is 0.150 e. The lowest BCUT2D eigenvalue weighted by Gasteiger charge is -2.33. The molecule has 5 rings (SSSR count). The van der Waals surface area contributed by atoms with Crippen LogP contribution in [0.5, 0.6) is 0 Å². The van der Waals surface area contributed by atoms with Crippen LogP contribution in [0, 0.1) is 0 Å². The van der Waals surface area contributed by atoms with Gasteiger partial charge >= 0.3 is 0 Å². The molecular weight excluding hydrogens is 374 g/mol. The second-order valence-electron chi connectivity index (χ2n) is 7.91. The van der Waals surface area contributed by atoms with E-state index in [9.17, 15) is 5.11 Å². The summed E-state index contributed by atoms with van der Waals surface area (Å²) in [7, 11) is 0.